The summed E-state index contributed by atoms with van der Waals surface area (Å²) in [6.45, 7) is -2.90. The van der Waals surface area contributed by atoms with E-state index >= 15 is 0 Å². The van der Waals surface area contributed by atoms with Crippen molar-refractivity contribution in [3.63, 3.8) is 0 Å². The first kappa shape index (κ1) is 22.5. The van der Waals surface area contributed by atoms with Crippen LogP contribution in [-0.4, -0.2) is 17.5 Å². The third-order valence-corrected chi connectivity index (χ3v) is 5.80. The first-order chi connectivity index (χ1) is 16.0. The molecule has 1 amide bonds. The summed E-state index contributed by atoms with van der Waals surface area (Å²) in [5.41, 5.74) is 2.95. The molecule has 1 atom stereocenters. The molecule has 0 aliphatic rings. The highest BCUT2D eigenvalue weighted by Crippen LogP contribution is 2.26. The summed E-state index contributed by atoms with van der Waals surface area (Å²) in [4.78, 5) is 17.3. The largest absolute Gasteiger partial charge is 0.435 e. The predicted molar refractivity (Wildman–Crippen MR) is 121 cm³/mol. The zero-order chi connectivity index (χ0) is 23.2. The number of halogens is 3. The smallest absolute Gasteiger partial charge is 0.387 e. The number of hydrogen-bond acceptors (Lipinski definition) is 4. The third-order valence-electron chi connectivity index (χ3n) is 4.86. The molecule has 0 spiro atoms. The molecule has 0 bridgehead atoms. The van der Waals surface area contributed by atoms with E-state index in [1.807, 2.05) is 30.3 Å². The number of thiazole rings is 1. The quantitative estimate of drug-likeness (QED) is 0.345. The first-order valence-electron chi connectivity index (χ1n) is 10.1. The highest BCUT2D eigenvalue weighted by molar-refractivity contribution is 7.13. The summed E-state index contributed by atoms with van der Waals surface area (Å²) in [5, 5.41) is 5.50. The molecule has 3 aromatic carbocycles. The number of carbonyl (C=O) groups excluding carboxylic acids is 1. The number of carbonyl (C=O) groups is 1. The van der Waals surface area contributed by atoms with Gasteiger partial charge in [0.15, 0.2) is 0 Å². The van der Waals surface area contributed by atoms with Crippen molar-refractivity contribution in [2.45, 2.75) is 19.1 Å². The average molecular weight is 469 g/mol. The van der Waals surface area contributed by atoms with Crippen molar-refractivity contribution in [1.29, 1.82) is 0 Å². The fourth-order valence-electron chi connectivity index (χ4n) is 3.34. The fraction of sp³-hybridized carbons (Fsp3) is 0.120. The molecule has 33 heavy (non-hydrogen) atoms. The fourth-order valence-corrected chi connectivity index (χ4v) is 4.16. The van der Waals surface area contributed by atoms with Crippen LogP contribution in [-0.2, 0) is 11.2 Å². The molecule has 0 aliphatic heterocycles. The Balaban J connectivity index is 1.49. The lowest BCUT2D eigenvalue weighted by Crippen LogP contribution is -2.30. The molecule has 8 heteroatoms. The SMILES string of the molecule is O=C(Cc1csc(-c2ccc(F)cc2)n1)NC(c1ccccc1)c1ccc(OC(F)F)cc1. The van der Waals surface area contributed by atoms with Gasteiger partial charge in [0.2, 0.25) is 5.91 Å². The number of aromatic nitrogens is 1. The van der Waals surface area contributed by atoms with Crippen molar-refractivity contribution in [1.82, 2.24) is 10.3 Å². The van der Waals surface area contributed by atoms with Gasteiger partial charge in [-0.15, -0.1) is 11.3 Å². The van der Waals surface area contributed by atoms with Crippen LogP contribution in [0.5, 0.6) is 5.75 Å². The summed E-state index contributed by atoms with van der Waals surface area (Å²) in [5.74, 6) is -0.522. The normalized spacial score (nSPS) is 11.9. The van der Waals surface area contributed by atoms with Crippen LogP contribution in [0.25, 0.3) is 10.6 Å². The molecule has 0 fully saturated rings. The number of benzene rings is 3. The van der Waals surface area contributed by atoms with Crippen LogP contribution in [0.1, 0.15) is 22.9 Å². The van der Waals surface area contributed by atoms with Crippen LogP contribution in [0.4, 0.5) is 13.2 Å². The molecular weight excluding hydrogens is 449 g/mol. The van der Waals surface area contributed by atoms with Crippen molar-refractivity contribution < 1.29 is 22.7 Å². The zero-order valence-electron chi connectivity index (χ0n) is 17.3. The Hall–Kier alpha value is -3.65. The second-order valence-electron chi connectivity index (χ2n) is 7.19. The van der Waals surface area contributed by atoms with Crippen LogP contribution >= 0.6 is 11.3 Å². The van der Waals surface area contributed by atoms with Gasteiger partial charge < -0.3 is 10.1 Å². The second kappa shape index (κ2) is 10.3. The minimum absolute atomic E-state index is 0.0442. The van der Waals surface area contributed by atoms with Gasteiger partial charge in [-0.1, -0.05) is 42.5 Å². The molecule has 1 heterocycles. The lowest BCUT2D eigenvalue weighted by molar-refractivity contribution is -0.121. The maximum Gasteiger partial charge on any atom is 0.387 e. The van der Waals surface area contributed by atoms with E-state index in [1.165, 1.54) is 35.6 Å². The van der Waals surface area contributed by atoms with E-state index < -0.39 is 12.7 Å². The predicted octanol–water partition coefficient (Wildman–Crippen LogP) is 6.00. The van der Waals surface area contributed by atoms with Crippen molar-refractivity contribution in [2.24, 2.45) is 0 Å². The van der Waals surface area contributed by atoms with Gasteiger partial charge in [0.25, 0.3) is 0 Å². The van der Waals surface area contributed by atoms with Crippen LogP contribution in [0.3, 0.4) is 0 Å². The molecule has 0 aliphatic carbocycles. The van der Waals surface area contributed by atoms with Gasteiger partial charge in [-0.05, 0) is 47.5 Å². The Kier molecular flexibility index (Phi) is 7.04. The number of hydrogen-bond donors (Lipinski definition) is 1. The van der Waals surface area contributed by atoms with Gasteiger partial charge in [-0.25, -0.2) is 9.37 Å². The highest BCUT2D eigenvalue weighted by Gasteiger charge is 2.18. The number of rotatable bonds is 8. The van der Waals surface area contributed by atoms with Crippen LogP contribution in [0.15, 0.2) is 84.2 Å². The Morgan fingerprint density at radius 1 is 0.939 bits per heavy atom. The Labute approximate surface area is 192 Å². The van der Waals surface area contributed by atoms with Gasteiger partial charge in [0.1, 0.15) is 16.6 Å². The molecular formula is C25H19F3N2O2S. The Bertz CT molecular complexity index is 1200. The standard InChI is InChI=1S/C25H19F3N2O2S/c26-19-10-6-18(7-11-19)24-29-20(15-33-24)14-22(31)30-23(16-4-2-1-3-5-16)17-8-12-21(13-9-17)32-25(27)28/h1-13,15,23,25H,14H2,(H,30,31). The van der Waals surface area contributed by atoms with Crippen molar-refractivity contribution in [2.75, 3.05) is 0 Å². The van der Waals surface area contributed by atoms with Crippen LogP contribution in [0.2, 0.25) is 0 Å². The zero-order valence-corrected chi connectivity index (χ0v) is 18.1. The summed E-state index contributed by atoms with van der Waals surface area (Å²) >= 11 is 1.38. The van der Waals surface area contributed by atoms with Crippen molar-refractivity contribution >= 4 is 17.2 Å². The van der Waals surface area contributed by atoms with E-state index in [-0.39, 0.29) is 23.9 Å². The lowest BCUT2D eigenvalue weighted by atomic mass is 9.98. The molecule has 0 saturated carbocycles. The van der Waals surface area contributed by atoms with Gasteiger partial charge in [0.05, 0.1) is 18.2 Å². The lowest BCUT2D eigenvalue weighted by Gasteiger charge is -2.20. The summed E-state index contributed by atoms with van der Waals surface area (Å²) in [6, 6.07) is 21.1. The van der Waals surface area contributed by atoms with Crippen molar-refractivity contribution in [3.8, 4) is 16.3 Å². The van der Waals surface area contributed by atoms with Crippen LogP contribution < -0.4 is 10.1 Å². The van der Waals surface area contributed by atoms with Gasteiger partial charge in [-0.3, -0.25) is 4.79 Å². The van der Waals surface area contributed by atoms with Crippen LogP contribution in [0, 0.1) is 5.82 Å². The van der Waals surface area contributed by atoms with Gasteiger partial charge >= 0.3 is 6.61 Å². The summed E-state index contributed by atoms with van der Waals surface area (Å²) < 4.78 is 42.5. The maximum absolute atomic E-state index is 13.1. The summed E-state index contributed by atoms with van der Waals surface area (Å²) in [6.07, 6.45) is 0.0631. The number of ether oxygens (including phenoxy) is 1. The van der Waals surface area contributed by atoms with E-state index in [1.54, 1.807) is 29.6 Å². The van der Waals surface area contributed by atoms with E-state index in [0.29, 0.717) is 10.7 Å². The van der Waals surface area contributed by atoms with Crippen molar-refractivity contribution in [3.05, 3.63) is 107 Å². The van der Waals surface area contributed by atoms with E-state index in [0.717, 1.165) is 16.7 Å². The minimum Gasteiger partial charge on any atom is -0.435 e. The molecule has 4 rings (SSSR count). The molecule has 168 valence electrons. The van der Waals surface area contributed by atoms with E-state index in [2.05, 4.69) is 15.0 Å². The molecule has 4 nitrogen and oxygen atoms in total. The number of alkyl halides is 2. The molecule has 1 aromatic heterocycles. The highest BCUT2D eigenvalue weighted by atomic mass is 32.1. The topological polar surface area (TPSA) is 51.2 Å². The molecule has 1 N–H and O–H groups in total. The van der Waals surface area contributed by atoms with E-state index in [4.69, 9.17) is 0 Å². The average Bonchev–Trinajstić information content (AvgIpc) is 3.27. The minimum atomic E-state index is -2.90. The molecule has 0 saturated heterocycles. The second-order valence-corrected chi connectivity index (χ2v) is 8.04. The maximum atomic E-state index is 13.1. The number of nitrogens with one attached hydrogen (secondary N) is 1. The third kappa shape index (κ3) is 5.98. The number of amides is 1. The Morgan fingerprint density at radius 2 is 1.61 bits per heavy atom. The summed E-state index contributed by atoms with van der Waals surface area (Å²) in [7, 11) is 0. The molecule has 0 radical (unpaired) electrons. The first-order valence-corrected chi connectivity index (χ1v) is 11.0. The van der Waals surface area contributed by atoms with Gasteiger partial charge in [-0.2, -0.15) is 8.78 Å². The molecule has 4 aromatic rings. The number of nitrogens with zero attached hydrogens (tertiary/aromatic N) is 1. The van der Waals surface area contributed by atoms with E-state index in [9.17, 15) is 18.0 Å². The molecule has 1 unspecified atom stereocenters. The Morgan fingerprint density at radius 3 is 2.27 bits per heavy atom. The van der Waals surface area contributed by atoms with Gasteiger partial charge in [0, 0.05) is 10.9 Å². The monoisotopic (exact) mass is 468 g/mol.